The topological polar surface area (TPSA) is 32.3 Å². The molecule has 2 atom stereocenters. The van der Waals surface area contributed by atoms with Crippen LogP contribution in [0.5, 0.6) is 5.75 Å². The Morgan fingerprint density at radius 1 is 1.56 bits per heavy atom. The molecule has 1 heterocycles. The van der Waals surface area contributed by atoms with Crippen molar-refractivity contribution in [3.8, 4) is 5.75 Å². The molecule has 0 aromatic heterocycles. The third kappa shape index (κ3) is 2.35. The zero-order valence-electron chi connectivity index (χ0n) is 9.54. The summed E-state index contributed by atoms with van der Waals surface area (Å²) in [5, 5.41) is 13.3. The summed E-state index contributed by atoms with van der Waals surface area (Å²) in [5.41, 5.74) is 1.28. The molecule has 2 unspecified atom stereocenters. The van der Waals surface area contributed by atoms with Crippen molar-refractivity contribution in [1.82, 2.24) is 5.32 Å². The molecule has 88 valence electrons. The van der Waals surface area contributed by atoms with Gasteiger partial charge in [-0.1, -0.05) is 18.2 Å². The van der Waals surface area contributed by atoms with E-state index in [1.807, 2.05) is 12.1 Å². The molecule has 0 spiro atoms. The van der Waals surface area contributed by atoms with Crippen molar-refractivity contribution in [2.45, 2.75) is 25.9 Å². The van der Waals surface area contributed by atoms with E-state index in [-0.39, 0.29) is 5.75 Å². The first-order chi connectivity index (χ1) is 7.68. The van der Waals surface area contributed by atoms with Gasteiger partial charge in [-0.15, -0.1) is 0 Å². The van der Waals surface area contributed by atoms with Crippen molar-refractivity contribution < 1.29 is 9.50 Å². The first-order valence-corrected chi connectivity index (χ1v) is 5.84. The molecule has 2 N–H and O–H groups in total. The monoisotopic (exact) mass is 223 g/mol. The van der Waals surface area contributed by atoms with Crippen LogP contribution in [0, 0.1) is 5.92 Å². The first-order valence-electron chi connectivity index (χ1n) is 5.84. The van der Waals surface area contributed by atoms with Gasteiger partial charge in [0, 0.05) is 5.56 Å². The van der Waals surface area contributed by atoms with Crippen LogP contribution < -0.4 is 5.32 Å². The van der Waals surface area contributed by atoms with E-state index in [9.17, 15) is 9.50 Å². The highest BCUT2D eigenvalue weighted by Gasteiger charge is 2.18. The molecule has 2 nitrogen and oxygen atoms in total. The van der Waals surface area contributed by atoms with Gasteiger partial charge in [0.15, 0.2) is 0 Å². The predicted molar refractivity (Wildman–Crippen MR) is 62.3 cm³/mol. The fraction of sp³-hybridized carbons (Fsp3) is 0.538. The van der Waals surface area contributed by atoms with E-state index in [0.717, 1.165) is 31.5 Å². The van der Waals surface area contributed by atoms with Gasteiger partial charge < -0.3 is 10.4 Å². The van der Waals surface area contributed by atoms with Gasteiger partial charge in [0.2, 0.25) is 0 Å². The summed E-state index contributed by atoms with van der Waals surface area (Å²) in [6.45, 7) is 3.50. The highest BCUT2D eigenvalue weighted by atomic mass is 19.1. The number of phenols is 1. The Labute approximate surface area is 95.5 Å². The largest absolute Gasteiger partial charge is 0.507 e. The van der Waals surface area contributed by atoms with Crippen LogP contribution in [0.4, 0.5) is 4.39 Å². The Balaban J connectivity index is 2.17. The van der Waals surface area contributed by atoms with Gasteiger partial charge in [-0.25, -0.2) is 4.39 Å². The molecular weight excluding hydrogens is 205 g/mol. The van der Waals surface area contributed by atoms with Crippen LogP contribution in [0.15, 0.2) is 18.2 Å². The predicted octanol–water partition coefficient (Wildman–Crippen LogP) is 2.57. The molecule has 1 saturated heterocycles. The minimum atomic E-state index is -1.11. The van der Waals surface area contributed by atoms with Crippen molar-refractivity contribution in [3.63, 3.8) is 0 Å². The number of benzene rings is 1. The summed E-state index contributed by atoms with van der Waals surface area (Å²) in [7, 11) is 0. The number of alkyl halides is 1. The number of para-hydroxylation sites is 1. The zero-order chi connectivity index (χ0) is 11.5. The lowest BCUT2D eigenvalue weighted by atomic mass is 9.95. The number of aromatic hydroxyl groups is 1. The normalized spacial score (nSPS) is 22.2. The van der Waals surface area contributed by atoms with Crippen molar-refractivity contribution in [1.29, 1.82) is 0 Å². The van der Waals surface area contributed by atoms with Crippen LogP contribution in [0.2, 0.25) is 0 Å². The average molecular weight is 223 g/mol. The van der Waals surface area contributed by atoms with E-state index in [1.165, 1.54) is 6.92 Å². The lowest BCUT2D eigenvalue weighted by Crippen LogP contribution is -2.11. The standard InChI is InChI=1S/C13H18FNO/c1-9(14)12-4-2-3-11(13(12)16)7-10-5-6-15-8-10/h2-4,9-10,15-16H,5-8H2,1H3. The van der Waals surface area contributed by atoms with Crippen LogP contribution in [0.1, 0.15) is 30.6 Å². The second-order valence-electron chi connectivity index (χ2n) is 4.53. The van der Waals surface area contributed by atoms with Crippen LogP contribution >= 0.6 is 0 Å². The first kappa shape index (κ1) is 11.4. The van der Waals surface area contributed by atoms with Gasteiger partial charge in [-0.3, -0.25) is 0 Å². The molecule has 1 aromatic carbocycles. The number of halogens is 1. The number of rotatable bonds is 3. The number of hydrogen-bond acceptors (Lipinski definition) is 2. The molecule has 0 bridgehead atoms. The quantitative estimate of drug-likeness (QED) is 0.825. The summed E-state index contributed by atoms with van der Waals surface area (Å²) in [4.78, 5) is 0. The third-order valence-corrected chi connectivity index (χ3v) is 3.25. The molecule has 1 fully saturated rings. The van der Waals surface area contributed by atoms with Crippen LogP contribution in [0.3, 0.4) is 0 Å². The molecule has 0 radical (unpaired) electrons. The highest BCUT2D eigenvalue weighted by Crippen LogP contribution is 2.31. The summed E-state index contributed by atoms with van der Waals surface area (Å²) in [6.07, 6.45) is 0.857. The van der Waals surface area contributed by atoms with Crippen molar-refractivity contribution >= 4 is 0 Å². The molecule has 0 amide bonds. The van der Waals surface area contributed by atoms with Gasteiger partial charge >= 0.3 is 0 Å². The number of nitrogens with one attached hydrogen (secondary N) is 1. The van der Waals surface area contributed by atoms with Gasteiger partial charge in [-0.05, 0) is 44.3 Å². The molecule has 2 rings (SSSR count). The molecule has 0 aliphatic carbocycles. The van der Waals surface area contributed by atoms with Gasteiger partial charge in [0.1, 0.15) is 11.9 Å². The highest BCUT2D eigenvalue weighted by molar-refractivity contribution is 5.41. The van der Waals surface area contributed by atoms with Crippen molar-refractivity contribution in [2.75, 3.05) is 13.1 Å². The number of hydrogen-bond donors (Lipinski definition) is 2. The molecule has 1 aliphatic heterocycles. The number of phenolic OH excluding ortho intramolecular Hbond substituents is 1. The fourth-order valence-electron chi connectivity index (χ4n) is 2.30. The average Bonchev–Trinajstić information content (AvgIpc) is 2.73. The smallest absolute Gasteiger partial charge is 0.126 e. The Kier molecular flexibility index (Phi) is 3.44. The molecular formula is C13H18FNO. The minimum Gasteiger partial charge on any atom is -0.507 e. The Hall–Kier alpha value is -1.09. The van der Waals surface area contributed by atoms with E-state index in [0.29, 0.717) is 11.5 Å². The van der Waals surface area contributed by atoms with Crippen LogP contribution in [-0.2, 0) is 6.42 Å². The van der Waals surface area contributed by atoms with Crippen molar-refractivity contribution in [2.24, 2.45) is 5.92 Å². The van der Waals surface area contributed by atoms with E-state index in [4.69, 9.17) is 0 Å². The molecule has 16 heavy (non-hydrogen) atoms. The van der Waals surface area contributed by atoms with Gasteiger partial charge in [0.25, 0.3) is 0 Å². The molecule has 1 aromatic rings. The molecule has 0 saturated carbocycles. The second-order valence-corrected chi connectivity index (χ2v) is 4.53. The minimum absolute atomic E-state index is 0.143. The van der Waals surface area contributed by atoms with Crippen LogP contribution in [-0.4, -0.2) is 18.2 Å². The van der Waals surface area contributed by atoms with E-state index in [2.05, 4.69) is 5.32 Å². The van der Waals surface area contributed by atoms with Crippen molar-refractivity contribution in [3.05, 3.63) is 29.3 Å². The maximum absolute atomic E-state index is 13.2. The maximum atomic E-state index is 13.2. The van der Waals surface area contributed by atoms with E-state index in [1.54, 1.807) is 6.07 Å². The van der Waals surface area contributed by atoms with Gasteiger partial charge in [-0.2, -0.15) is 0 Å². The SMILES string of the molecule is CC(F)c1cccc(CC2CCNC2)c1O. The molecule has 1 aliphatic rings. The second kappa shape index (κ2) is 4.83. The maximum Gasteiger partial charge on any atom is 0.126 e. The summed E-state index contributed by atoms with van der Waals surface area (Å²) in [6, 6.07) is 5.36. The van der Waals surface area contributed by atoms with Crippen LogP contribution in [0.25, 0.3) is 0 Å². The lowest BCUT2D eigenvalue weighted by Gasteiger charge is -2.13. The van der Waals surface area contributed by atoms with Gasteiger partial charge in [0.05, 0.1) is 0 Å². The zero-order valence-corrected chi connectivity index (χ0v) is 9.54. The Morgan fingerprint density at radius 3 is 3.00 bits per heavy atom. The van der Waals surface area contributed by atoms with E-state index < -0.39 is 6.17 Å². The third-order valence-electron chi connectivity index (χ3n) is 3.25. The fourth-order valence-corrected chi connectivity index (χ4v) is 2.30. The molecule has 3 heteroatoms. The summed E-state index contributed by atoms with van der Waals surface area (Å²) < 4.78 is 13.2. The lowest BCUT2D eigenvalue weighted by molar-refractivity contribution is 0.354. The summed E-state index contributed by atoms with van der Waals surface area (Å²) in [5.74, 6) is 0.709. The summed E-state index contributed by atoms with van der Waals surface area (Å²) >= 11 is 0. The Bertz CT molecular complexity index is 359. The Morgan fingerprint density at radius 2 is 2.38 bits per heavy atom. The van der Waals surface area contributed by atoms with E-state index >= 15 is 0 Å².